The SMILES string of the molecule is O.O.O.O.O.O.O.O.O=c1c([O-])c([O-])c1=O.[Ni+2].c1cnc2c(c1)ccc1cccnc12.c1cnc2c(c1)ccc1cccnc12.c1cnc2c(c1)ccc1cccnc12. The number of pyridine rings is 6. The first-order valence-electron chi connectivity index (χ1n) is 15.4. The first-order valence-corrected chi connectivity index (χ1v) is 15.4. The fraction of sp³-hybridized carbons (Fsp3) is 0. The molecule has 6 aromatic heterocycles. The number of nitrogens with zero attached hydrogens (tertiary/aromatic N) is 6. The Morgan fingerprint density at radius 3 is 0.576 bits per heavy atom. The summed E-state index contributed by atoms with van der Waals surface area (Å²) in [6.07, 6.45) is 10.8. The van der Waals surface area contributed by atoms with Gasteiger partial charge in [0.05, 0.1) is 33.1 Å². The first kappa shape index (κ1) is 56.3. The molecule has 0 spiro atoms. The van der Waals surface area contributed by atoms with Gasteiger partial charge in [-0.2, -0.15) is 0 Å². The second-order valence-corrected chi connectivity index (χ2v) is 11.0. The van der Waals surface area contributed by atoms with Gasteiger partial charge in [0.1, 0.15) is 0 Å². The van der Waals surface area contributed by atoms with Crippen LogP contribution in [0.5, 0.6) is 11.5 Å². The molecule has 0 aliphatic rings. The van der Waals surface area contributed by atoms with Crippen LogP contribution in [0.4, 0.5) is 0 Å². The molecule has 16 N–H and O–H groups in total. The van der Waals surface area contributed by atoms with Gasteiger partial charge in [-0.05, 0) is 36.4 Å². The Balaban J connectivity index is -0.000000685. The maximum Gasteiger partial charge on any atom is 2.00 e. The normalized spacial score (nSPS) is 9.08. The maximum absolute atomic E-state index is 9.85. The van der Waals surface area contributed by atoms with E-state index in [4.69, 9.17) is 0 Å². The van der Waals surface area contributed by atoms with Crippen molar-refractivity contribution in [2.45, 2.75) is 0 Å². The van der Waals surface area contributed by atoms with Gasteiger partial charge in [-0.25, -0.2) is 0 Å². The average molecular weight is 855 g/mol. The third kappa shape index (κ3) is 11.8. The van der Waals surface area contributed by atoms with Gasteiger partial charge in [-0.3, -0.25) is 39.5 Å². The van der Waals surface area contributed by atoms with Crippen molar-refractivity contribution in [2.75, 3.05) is 0 Å². The Morgan fingerprint density at radius 1 is 0.288 bits per heavy atom. The zero-order chi connectivity index (χ0) is 34.5. The number of rotatable bonds is 0. The van der Waals surface area contributed by atoms with Crippen LogP contribution in [0.3, 0.4) is 0 Å². The maximum atomic E-state index is 9.85. The zero-order valence-corrected chi connectivity index (χ0v) is 31.5. The molecule has 10 rings (SSSR count). The van der Waals surface area contributed by atoms with Crippen LogP contribution in [0.15, 0.2) is 156 Å². The van der Waals surface area contributed by atoms with Crippen LogP contribution >= 0.6 is 0 Å². The van der Waals surface area contributed by atoms with Gasteiger partial charge in [0, 0.05) is 69.5 Å². The smallest absolute Gasteiger partial charge is 0.870 e. The fourth-order valence-corrected chi connectivity index (χ4v) is 5.39. The Labute approximate surface area is 343 Å². The second-order valence-electron chi connectivity index (χ2n) is 11.0. The van der Waals surface area contributed by atoms with Crippen LogP contribution in [0, 0.1) is 0 Å². The third-order valence-corrected chi connectivity index (χ3v) is 7.86. The van der Waals surface area contributed by atoms with Crippen molar-refractivity contribution in [3.63, 3.8) is 0 Å². The minimum absolute atomic E-state index is 0. The molecule has 0 saturated heterocycles. The molecule has 10 aromatic rings. The molecular weight excluding hydrogens is 815 g/mol. The molecule has 0 bridgehead atoms. The Bertz CT molecular complexity index is 2440. The minimum Gasteiger partial charge on any atom is -0.870 e. The summed E-state index contributed by atoms with van der Waals surface area (Å²) >= 11 is 0. The first-order chi connectivity index (χ1) is 24.5. The van der Waals surface area contributed by atoms with Crippen molar-refractivity contribution in [3.8, 4) is 11.5 Å². The van der Waals surface area contributed by atoms with Crippen LogP contribution in [0.25, 0.3) is 65.4 Å². The molecule has 312 valence electrons. The molecule has 18 nitrogen and oxygen atoms in total. The van der Waals surface area contributed by atoms with E-state index >= 15 is 0 Å². The molecular formula is C40H40N6NiO12. The largest absolute Gasteiger partial charge is 2.00 e. The number of fused-ring (bicyclic) bond motifs is 9. The van der Waals surface area contributed by atoms with E-state index in [0.717, 1.165) is 65.4 Å². The third-order valence-electron chi connectivity index (χ3n) is 7.86. The summed E-state index contributed by atoms with van der Waals surface area (Å²) in [5, 5.41) is 26.5. The van der Waals surface area contributed by atoms with Gasteiger partial charge in [-0.15, -0.1) is 0 Å². The van der Waals surface area contributed by atoms with Crippen molar-refractivity contribution in [1.82, 2.24) is 29.9 Å². The molecule has 0 fully saturated rings. The van der Waals surface area contributed by atoms with E-state index < -0.39 is 22.4 Å². The topological polar surface area (TPSA) is 410 Å². The van der Waals surface area contributed by atoms with Crippen LogP contribution in [-0.4, -0.2) is 73.7 Å². The van der Waals surface area contributed by atoms with Crippen LogP contribution in [0.2, 0.25) is 0 Å². The number of hydrogen-bond donors (Lipinski definition) is 0. The number of hydrogen-bond acceptors (Lipinski definition) is 10. The molecule has 6 heterocycles. The molecule has 4 aromatic carbocycles. The second kappa shape index (κ2) is 25.3. The van der Waals surface area contributed by atoms with Crippen LogP contribution in [0.1, 0.15) is 0 Å². The Hall–Kier alpha value is -7.03. The molecule has 0 aliphatic carbocycles. The number of aromatic nitrogens is 6. The van der Waals surface area contributed by atoms with Crippen molar-refractivity contribution >= 4 is 65.4 Å². The summed E-state index contributed by atoms with van der Waals surface area (Å²) in [6, 6.07) is 36.4. The predicted molar refractivity (Wildman–Crippen MR) is 220 cm³/mol. The quantitative estimate of drug-likeness (QED) is 0.104. The molecule has 19 heteroatoms. The molecule has 0 atom stereocenters. The summed E-state index contributed by atoms with van der Waals surface area (Å²) in [5.41, 5.74) is 3.49. The molecule has 0 radical (unpaired) electrons. The number of benzene rings is 3. The van der Waals surface area contributed by atoms with Gasteiger partial charge >= 0.3 is 16.5 Å². The van der Waals surface area contributed by atoms with Gasteiger partial charge in [0.15, 0.2) is 0 Å². The van der Waals surface area contributed by atoms with Gasteiger partial charge < -0.3 is 54.0 Å². The van der Waals surface area contributed by atoms with E-state index in [-0.39, 0.29) is 60.3 Å². The summed E-state index contributed by atoms with van der Waals surface area (Å²) in [6.45, 7) is 0. The van der Waals surface area contributed by atoms with E-state index in [1.807, 2.05) is 36.4 Å². The fourth-order valence-electron chi connectivity index (χ4n) is 5.39. The monoisotopic (exact) mass is 854 g/mol. The van der Waals surface area contributed by atoms with Crippen LogP contribution < -0.4 is 21.1 Å². The Kier molecular flexibility index (Phi) is 24.1. The standard InChI is InChI=1S/3C12H8N2.C4H2O4.Ni.8H2O/c3*1-3-9-5-6-10-4-2-8-14-12(10)11(9)13-7-1;5-1-2(6)4(8)3(1)7;;;;;;;;;/h3*1-8H;5-6H;;8*1H2/q;;;;+2;;;;;;;;/p-2. The predicted octanol–water partition coefficient (Wildman–Crippen LogP) is -0.821. The molecule has 0 aliphatic heterocycles. The molecule has 59 heavy (non-hydrogen) atoms. The van der Waals surface area contributed by atoms with Crippen molar-refractivity contribution in [2.24, 2.45) is 0 Å². The molecule has 0 amide bonds. The minimum atomic E-state index is -1.19. The van der Waals surface area contributed by atoms with E-state index in [1.165, 1.54) is 0 Å². The van der Waals surface area contributed by atoms with Gasteiger partial charge in [-0.1, -0.05) is 84.3 Å². The molecule has 0 unspecified atom stereocenters. The average Bonchev–Trinajstić information content (AvgIpc) is 3.20. The summed E-state index contributed by atoms with van der Waals surface area (Å²) < 4.78 is 0. The van der Waals surface area contributed by atoms with Crippen molar-refractivity contribution in [3.05, 3.63) is 167 Å². The van der Waals surface area contributed by atoms with Gasteiger partial charge in [0.2, 0.25) is 10.9 Å². The molecule has 0 saturated carbocycles. The Morgan fingerprint density at radius 2 is 0.441 bits per heavy atom. The van der Waals surface area contributed by atoms with E-state index in [0.29, 0.717) is 0 Å². The van der Waals surface area contributed by atoms with E-state index in [1.54, 1.807) is 37.2 Å². The summed E-state index contributed by atoms with van der Waals surface area (Å²) in [5.74, 6) is -2.37. The van der Waals surface area contributed by atoms with Gasteiger partial charge in [0.25, 0.3) is 0 Å². The van der Waals surface area contributed by atoms with Crippen molar-refractivity contribution in [1.29, 1.82) is 0 Å². The van der Waals surface area contributed by atoms with E-state index in [9.17, 15) is 19.8 Å². The van der Waals surface area contributed by atoms with Crippen molar-refractivity contribution < 1.29 is 70.5 Å². The van der Waals surface area contributed by atoms with Crippen LogP contribution in [-0.2, 0) is 16.5 Å². The summed E-state index contributed by atoms with van der Waals surface area (Å²) in [7, 11) is 0. The van der Waals surface area contributed by atoms with E-state index in [2.05, 4.69) is 103 Å². The summed E-state index contributed by atoms with van der Waals surface area (Å²) in [4.78, 5) is 45.8. The zero-order valence-electron chi connectivity index (χ0n) is 30.5.